The van der Waals surface area contributed by atoms with Crippen LogP contribution in [-0.4, -0.2) is 4.57 Å². The van der Waals surface area contributed by atoms with Gasteiger partial charge in [0.2, 0.25) is 5.88 Å². The van der Waals surface area contributed by atoms with Gasteiger partial charge in [-0.25, -0.2) is 0 Å². The highest BCUT2D eigenvalue weighted by atomic mass is 16.5. The average Bonchev–Trinajstić information content (AvgIpc) is 2.73. The number of allylic oxidation sites excluding steroid dienone is 3. The lowest BCUT2D eigenvalue weighted by atomic mass is 10.0. The van der Waals surface area contributed by atoms with Crippen molar-refractivity contribution < 1.29 is 4.74 Å². The molecule has 2 heterocycles. The quantitative estimate of drug-likeness (QED) is 0.665. The number of fused-ring (bicyclic) bond motifs is 3. The summed E-state index contributed by atoms with van der Waals surface area (Å²) in [4.78, 5) is 0. The van der Waals surface area contributed by atoms with Crippen LogP contribution in [0.25, 0.3) is 10.9 Å². The van der Waals surface area contributed by atoms with Gasteiger partial charge in [-0.1, -0.05) is 24.3 Å². The first kappa shape index (κ1) is 9.11. The summed E-state index contributed by atoms with van der Waals surface area (Å²) in [5, 5.41) is 1.26. The first-order valence-electron chi connectivity index (χ1n) is 6.06. The van der Waals surface area contributed by atoms with E-state index in [0.717, 1.165) is 31.0 Å². The number of aromatic nitrogens is 1. The molecule has 1 aliphatic carbocycles. The molecule has 0 bridgehead atoms. The Hall–Kier alpha value is -1.96. The topological polar surface area (TPSA) is 14.2 Å². The average molecular weight is 223 g/mol. The first-order chi connectivity index (χ1) is 8.42. The van der Waals surface area contributed by atoms with Gasteiger partial charge in [-0.05, 0) is 30.6 Å². The third kappa shape index (κ3) is 1.27. The normalized spacial score (nSPS) is 17.9. The molecule has 1 aromatic heterocycles. The predicted octanol–water partition coefficient (Wildman–Crippen LogP) is 3.64. The first-order valence-corrected chi connectivity index (χ1v) is 6.06. The van der Waals surface area contributed by atoms with Gasteiger partial charge in [-0.2, -0.15) is 0 Å². The van der Waals surface area contributed by atoms with E-state index in [1.165, 1.54) is 16.5 Å². The number of nitrogens with zero attached hydrogens (tertiary/aromatic N) is 1. The highest BCUT2D eigenvalue weighted by molar-refractivity contribution is 5.82. The zero-order valence-corrected chi connectivity index (χ0v) is 9.52. The SMILES string of the molecule is C1=CC2=C(CC1)Cn1c(cc3ccccc31)O2. The summed E-state index contributed by atoms with van der Waals surface area (Å²) in [5.74, 6) is 2.03. The molecule has 0 saturated carbocycles. The Kier molecular flexibility index (Phi) is 1.75. The van der Waals surface area contributed by atoms with Crippen LogP contribution in [0.4, 0.5) is 0 Å². The molecule has 2 heteroatoms. The molecule has 84 valence electrons. The largest absolute Gasteiger partial charge is 0.441 e. The van der Waals surface area contributed by atoms with Crippen LogP contribution in [0.3, 0.4) is 0 Å². The Morgan fingerprint density at radius 3 is 3.12 bits per heavy atom. The number of para-hydroxylation sites is 1. The van der Waals surface area contributed by atoms with Gasteiger partial charge in [0.25, 0.3) is 0 Å². The fourth-order valence-electron chi connectivity index (χ4n) is 2.69. The van der Waals surface area contributed by atoms with Crippen molar-refractivity contribution in [2.24, 2.45) is 0 Å². The van der Waals surface area contributed by atoms with Gasteiger partial charge in [0.05, 0.1) is 12.1 Å². The highest BCUT2D eigenvalue weighted by Crippen LogP contribution is 2.35. The maximum Gasteiger partial charge on any atom is 0.201 e. The molecule has 0 saturated heterocycles. The Labute approximate surface area is 99.8 Å². The molecule has 2 aliphatic rings. The number of ether oxygens (including phenoxy) is 1. The van der Waals surface area contributed by atoms with Crippen molar-refractivity contribution in [2.45, 2.75) is 19.4 Å². The van der Waals surface area contributed by atoms with Gasteiger partial charge < -0.3 is 9.30 Å². The van der Waals surface area contributed by atoms with Crippen LogP contribution < -0.4 is 4.74 Å². The van der Waals surface area contributed by atoms with Gasteiger partial charge >= 0.3 is 0 Å². The smallest absolute Gasteiger partial charge is 0.201 e. The summed E-state index contributed by atoms with van der Waals surface area (Å²) in [7, 11) is 0. The van der Waals surface area contributed by atoms with Gasteiger partial charge in [0, 0.05) is 11.5 Å². The third-order valence-corrected chi connectivity index (χ3v) is 3.57. The van der Waals surface area contributed by atoms with Crippen molar-refractivity contribution in [1.82, 2.24) is 4.57 Å². The van der Waals surface area contributed by atoms with Crippen molar-refractivity contribution in [3.63, 3.8) is 0 Å². The molecule has 2 aromatic rings. The van der Waals surface area contributed by atoms with Crippen molar-refractivity contribution in [1.29, 1.82) is 0 Å². The Morgan fingerprint density at radius 1 is 1.18 bits per heavy atom. The van der Waals surface area contributed by atoms with E-state index < -0.39 is 0 Å². The maximum atomic E-state index is 5.98. The summed E-state index contributed by atoms with van der Waals surface area (Å²) in [6, 6.07) is 10.6. The van der Waals surface area contributed by atoms with E-state index in [2.05, 4.69) is 47.1 Å². The van der Waals surface area contributed by atoms with E-state index in [9.17, 15) is 0 Å². The van der Waals surface area contributed by atoms with Crippen LogP contribution in [-0.2, 0) is 6.54 Å². The summed E-state index contributed by atoms with van der Waals surface area (Å²) < 4.78 is 8.25. The second-order valence-corrected chi connectivity index (χ2v) is 4.64. The molecule has 2 nitrogen and oxygen atoms in total. The minimum absolute atomic E-state index is 0.969. The molecular formula is C15H13NO. The standard InChI is InChI=1S/C15H13NO/c1-3-7-13-11(5-1)9-15-16(13)10-12-6-2-4-8-14(12)17-15/h1,3-5,7-9H,2,6,10H2. The van der Waals surface area contributed by atoms with E-state index in [0.29, 0.717) is 0 Å². The monoisotopic (exact) mass is 223 g/mol. The fourth-order valence-corrected chi connectivity index (χ4v) is 2.69. The molecule has 0 atom stereocenters. The molecule has 17 heavy (non-hydrogen) atoms. The van der Waals surface area contributed by atoms with E-state index >= 15 is 0 Å². The predicted molar refractivity (Wildman–Crippen MR) is 68.0 cm³/mol. The lowest BCUT2D eigenvalue weighted by Crippen LogP contribution is -2.15. The number of rotatable bonds is 0. The molecule has 0 amide bonds. The lowest BCUT2D eigenvalue weighted by molar-refractivity contribution is 0.367. The Morgan fingerprint density at radius 2 is 2.12 bits per heavy atom. The maximum absolute atomic E-state index is 5.98. The number of benzene rings is 1. The van der Waals surface area contributed by atoms with Gasteiger partial charge in [0.15, 0.2) is 0 Å². The minimum atomic E-state index is 0.969. The van der Waals surface area contributed by atoms with Crippen molar-refractivity contribution in [3.8, 4) is 5.88 Å². The van der Waals surface area contributed by atoms with Crippen LogP contribution in [0.5, 0.6) is 5.88 Å². The second-order valence-electron chi connectivity index (χ2n) is 4.64. The van der Waals surface area contributed by atoms with E-state index in [-0.39, 0.29) is 0 Å². The van der Waals surface area contributed by atoms with Gasteiger partial charge in [-0.15, -0.1) is 0 Å². The highest BCUT2D eigenvalue weighted by Gasteiger charge is 2.21. The van der Waals surface area contributed by atoms with E-state index in [4.69, 9.17) is 4.74 Å². The number of hydrogen-bond acceptors (Lipinski definition) is 1. The summed E-state index contributed by atoms with van der Waals surface area (Å²) in [6.45, 7) is 0.975. The lowest BCUT2D eigenvalue weighted by Gasteiger charge is -2.24. The molecule has 1 aliphatic heterocycles. The van der Waals surface area contributed by atoms with Gasteiger partial charge in [0.1, 0.15) is 5.76 Å². The number of hydrogen-bond donors (Lipinski definition) is 0. The van der Waals surface area contributed by atoms with Crippen molar-refractivity contribution in [2.75, 3.05) is 0 Å². The molecule has 4 rings (SSSR count). The molecule has 0 fully saturated rings. The Balaban J connectivity index is 1.90. The molecule has 0 radical (unpaired) electrons. The molecular weight excluding hydrogens is 210 g/mol. The molecule has 0 unspecified atom stereocenters. The summed E-state index contributed by atoms with van der Waals surface area (Å²) >= 11 is 0. The van der Waals surface area contributed by atoms with Crippen LogP contribution in [0.2, 0.25) is 0 Å². The minimum Gasteiger partial charge on any atom is -0.441 e. The fraction of sp³-hybridized carbons (Fsp3) is 0.200. The van der Waals surface area contributed by atoms with Gasteiger partial charge in [-0.3, -0.25) is 0 Å². The van der Waals surface area contributed by atoms with Crippen LogP contribution >= 0.6 is 0 Å². The van der Waals surface area contributed by atoms with Crippen molar-refractivity contribution >= 4 is 10.9 Å². The Bertz CT molecular complexity index is 661. The molecule has 1 aromatic carbocycles. The zero-order valence-electron chi connectivity index (χ0n) is 9.52. The summed E-state index contributed by atoms with van der Waals surface area (Å²) in [5.41, 5.74) is 2.69. The zero-order chi connectivity index (χ0) is 11.2. The summed E-state index contributed by atoms with van der Waals surface area (Å²) in [6.07, 6.45) is 6.56. The second kappa shape index (κ2) is 3.27. The van der Waals surface area contributed by atoms with E-state index in [1.807, 2.05) is 0 Å². The van der Waals surface area contributed by atoms with Crippen LogP contribution in [0.15, 0.2) is 53.8 Å². The third-order valence-electron chi connectivity index (χ3n) is 3.57. The van der Waals surface area contributed by atoms with Crippen LogP contribution in [0, 0.1) is 0 Å². The van der Waals surface area contributed by atoms with Crippen molar-refractivity contribution in [3.05, 3.63) is 53.8 Å². The molecule has 0 N–H and O–H groups in total. The van der Waals surface area contributed by atoms with E-state index in [1.54, 1.807) is 0 Å². The van der Waals surface area contributed by atoms with Crippen LogP contribution in [0.1, 0.15) is 12.8 Å². The molecule has 0 spiro atoms.